The van der Waals surface area contributed by atoms with Gasteiger partial charge in [-0.2, -0.15) is 16.9 Å². The lowest BCUT2D eigenvalue weighted by Crippen LogP contribution is -2.19. The summed E-state index contributed by atoms with van der Waals surface area (Å²) >= 11 is 7.69. The quantitative estimate of drug-likeness (QED) is 0.867. The highest BCUT2D eigenvalue weighted by atomic mass is 35.5. The van der Waals surface area contributed by atoms with E-state index in [-0.39, 0.29) is 4.75 Å². The number of hydrogen-bond donors (Lipinski definition) is 1. The lowest BCUT2D eigenvalue weighted by atomic mass is 10.1. The molecule has 1 aromatic rings. The van der Waals surface area contributed by atoms with Gasteiger partial charge in [-0.25, -0.2) is 0 Å². The summed E-state index contributed by atoms with van der Waals surface area (Å²) in [4.78, 5) is 0. The zero-order chi connectivity index (χ0) is 10.3. The maximum Gasteiger partial charge on any atom is 0.112 e. The summed E-state index contributed by atoms with van der Waals surface area (Å²) in [6.45, 7) is 0. The van der Waals surface area contributed by atoms with Crippen LogP contribution in [0.15, 0.2) is 6.20 Å². The molecular weight excluding hydrogens is 220 g/mol. The van der Waals surface area contributed by atoms with Crippen LogP contribution in [0, 0.1) is 0 Å². The Labute approximate surface area is 92.4 Å². The first-order chi connectivity index (χ1) is 6.60. The second-order valence-corrected chi connectivity index (χ2v) is 5.30. The third-order valence-corrected chi connectivity index (χ3v) is 4.58. The van der Waals surface area contributed by atoms with Gasteiger partial charge in [-0.05, 0) is 19.1 Å². The highest BCUT2D eigenvalue weighted by Crippen LogP contribution is 2.56. The van der Waals surface area contributed by atoms with Crippen LogP contribution in [0.1, 0.15) is 24.6 Å². The van der Waals surface area contributed by atoms with Crippen molar-refractivity contribution >= 4 is 23.4 Å². The van der Waals surface area contributed by atoms with Crippen LogP contribution in [0.2, 0.25) is 5.02 Å². The molecule has 1 heterocycles. The van der Waals surface area contributed by atoms with Crippen molar-refractivity contribution < 1.29 is 5.11 Å². The second-order valence-electron chi connectivity index (χ2n) is 3.67. The van der Waals surface area contributed by atoms with E-state index in [1.165, 1.54) is 0 Å². The molecule has 1 saturated carbocycles. The van der Waals surface area contributed by atoms with E-state index < -0.39 is 6.10 Å². The molecule has 0 saturated heterocycles. The standard InChI is InChI=1S/C9H13ClN2OS/c1-12-7(6(10)5-11-12)8(13)9(14-2)3-4-9/h5,8,13H,3-4H2,1-2H3. The lowest BCUT2D eigenvalue weighted by molar-refractivity contribution is 0.157. The van der Waals surface area contributed by atoms with Crippen LogP contribution in [0.5, 0.6) is 0 Å². The van der Waals surface area contributed by atoms with E-state index in [9.17, 15) is 5.11 Å². The minimum Gasteiger partial charge on any atom is -0.385 e. The zero-order valence-electron chi connectivity index (χ0n) is 8.20. The number of aryl methyl sites for hydroxylation is 1. The van der Waals surface area contributed by atoms with Crippen LogP contribution >= 0.6 is 23.4 Å². The summed E-state index contributed by atoms with van der Waals surface area (Å²) in [5.41, 5.74) is 0.735. The topological polar surface area (TPSA) is 38.1 Å². The molecule has 1 fully saturated rings. The maximum atomic E-state index is 10.2. The van der Waals surface area contributed by atoms with E-state index in [1.807, 2.05) is 6.26 Å². The number of aliphatic hydroxyl groups excluding tert-OH is 1. The largest absolute Gasteiger partial charge is 0.385 e. The smallest absolute Gasteiger partial charge is 0.112 e. The molecule has 1 N–H and O–H groups in total. The van der Waals surface area contributed by atoms with Crippen LogP contribution < -0.4 is 0 Å². The third-order valence-electron chi connectivity index (χ3n) is 2.84. The summed E-state index contributed by atoms with van der Waals surface area (Å²) in [5.74, 6) is 0. The van der Waals surface area contributed by atoms with E-state index in [0.717, 1.165) is 18.5 Å². The molecule has 5 heteroatoms. The molecule has 1 atom stereocenters. The summed E-state index contributed by atoms with van der Waals surface area (Å²) in [5, 5.41) is 14.8. The predicted molar refractivity (Wildman–Crippen MR) is 58.7 cm³/mol. The Hall–Kier alpha value is -0.190. The number of halogens is 1. The SMILES string of the molecule is CSC1(C(O)c2c(Cl)cnn2C)CC1. The highest BCUT2D eigenvalue weighted by molar-refractivity contribution is 8.00. The lowest BCUT2D eigenvalue weighted by Gasteiger charge is -2.20. The molecule has 0 bridgehead atoms. The predicted octanol–water partition coefficient (Wildman–Crippen LogP) is 2.00. The second kappa shape index (κ2) is 3.43. The van der Waals surface area contributed by atoms with Crippen LogP contribution in [0.3, 0.4) is 0 Å². The maximum absolute atomic E-state index is 10.2. The normalized spacial score (nSPS) is 20.9. The fourth-order valence-electron chi connectivity index (χ4n) is 1.69. The van der Waals surface area contributed by atoms with Gasteiger partial charge in [-0.3, -0.25) is 4.68 Å². The van der Waals surface area contributed by atoms with E-state index in [2.05, 4.69) is 5.10 Å². The van der Waals surface area contributed by atoms with Gasteiger partial charge < -0.3 is 5.11 Å². The van der Waals surface area contributed by atoms with Crippen LogP contribution in [0.25, 0.3) is 0 Å². The average molecular weight is 233 g/mol. The summed E-state index contributed by atoms with van der Waals surface area (Å²) in [7, 11) is 1.81. The molecular formula is C9H13ClN2OS. The Morgan fingerprint density at radius 3 is 2.71 bits per heavy atom. The Kier molecular flexibility index (Phi) is 2.53. The first kappa shape index (κ1) is 10.3. The molecule has 1 unspecified atom stereocenters. The molecule has 0 spiro atoms. The molecule has 0 radical (unpaired) electrons. The molecule has 78 valence electrons. The van der Waals surface area contributed by atoms with Crippen LogP contribution in [0.4, 0.5) is 0 Å². The number of aliphatic hydroxyl groups is 1. The zero-order valence-corrected chi connectivity index (χ0v) is 9.77. The number of nitrogens with zero attached hydrogens (tertiary/aromatic N) is 2. The fourth-order valence-corrected chi connectivity index (χ4v) is 2.80. The number of aromatic nitrogens is 2. The van der Waals surface area contributed by atoms with E-state index in [1.54, 1.807) is 29.7 Å². The molecule has 0 amide bonds. The summed E-state index contributed by atoms with van der Waals surface area (Å²) < 4.78 is 1.64. The van der Waals surface area contributed by atoms with Gasteiger partial charge in [0.25, 0.3) is 0 Å². The van der Waals surface area contributed by atoms with Gasteiger partial charge >= 0.3 is 0 Å². The molecule has 1 aliphatic rings. The van der Waals surface area contributed by atoms with Gasteiger partial charge in [0.15, 0.2) is 0 Å². The van der Waals surface area contributed by atoms with Crippen molar-refractivity contribution in [1.82, 2.24) is 9.78 Å². The number of thioether (sulfide) groups is 1. The van der Waals surface area contributed by atoms with Crippen molar-refractivity contribution in [3.05, 3.63) is 16.9 Å². The van der Waals surface area contributed by atoms with Gasteiger partial charge in [0.1, 0.15) is 6.10 Å². The monoisotopic (exact) mass is 232 g/mol. The Bertz CT molecular complexity index is 329. The van der Waals surface area contributed by atoms with Gasteiger partial charge in [0, 0.05) is 11.8 Å². The first-order valence-electron chi connectivity index (χ1n) is 4.51. The molecule has 0 aliphatic heterocycles. The van der Waals surface area contributed by atoms with E-state index in [4.69, 9.17) is 11.6 Å². The summed E-state index contributed by atoms with van der Waals surface area (Å²) in [6, 6.07) is 0. The van der Waals surface area contributed by atoms with Crippen LogP contribution in [-0.2, 0) is 7.05 Å². The minimum absolute atomic E-state index is 0.0164. The molecule has 3 nitrogen and oxygen atoms in total. The van der Waals surface area contributed by atoms with Gasteiger partial charge in [-0.15, -0.1) is 0 Å². The molecule has 1 aromatic heterocycles. The Morgan fingerprint density at radius 2 is 2.36 bits per heavy atom. The van der Waals surface area contributed by atoms with Crippen molar-refractivity contribution in [3.8, 4) is 0 Å². The van der Waals surface area contributed by atoms with Crippen molar-refractivity contribution in [1.29, 1.82) is 0 Å². The first-order valence-corrected chi connectivity index (χ1v) is 6.11. The van der Waals surface area contributed by atoms with E-state index >= 15 is 0 Å². The van der Waals surface area contributed by atoms with Gasteiger partial charge in [0.05, 0.1) is 16.9 Å². The number of hydrogen-bond acceptors (Lipinski definition) is 3. The minimum atomic E-state index is -0.502. The molecule has 14 heavy (non-hydrogen) atoms. The van der Waals surface area contributed by atoms with Gasteiger partial charge in [-0.1, -0.05) is 11.6 Å². The summed E-state index contributed by atoms with van der Waals surface area (Å²) in [6.07, 6.45) is 5.21. The molecule has 0 aromatic carbocycles. The average Bonchev–Trinajstić information content (AvgIpc) is 2.89. The number of rotatable bonds is 3. The van der Waals surface area contributed by atoms with Crippen LogP contribution in [-0.4, -0.2) is 25.9 Å². The van der Waals surface area contributed by atoms with E-state index in [0.29, 0.717) is 5.02 Å². The highest BCUT2D eigenvalue weighted by Gasteiger charge is 2.50. The van der Waals surface area contributed by atoms with Crippen molar-refractivity contribution in [2.75, 3.05) is 6.26 Å². The van der Waals surface area contributed by atoms with Crippen molar-refractivity contribution in [3.63, 3.8) is 0 Å². The van der Waals surface area contributed by atoms with Crippen molar-refractivity contribution in [2.45, 2.75) is 23.7 Å². The third kappa shape index (κ3) is 1.45. The fraction of sp³-hybridized carbons (Fsp3) is 0.667. The molecule has 2 rings (SSSR count). The van der Waals surface area contributed by atoms with Gasteiger partial charge in [0.2, 0.25) is 0 Å². The van der Waals surface area contributed by atoms with Crippen molar-refractivity contribution in [2.24, 2.45) is 7.05 Å². The Morgan fingerprint density at radius 1 is 1.71 bits per heavy atom. The molecule has 1 aliphatic carbocycles. The Balaban J connectivity index is 2.31.